The van der Waals surface area contributed by atoms with E-state index in [9.17, 15) is 4.79 Å². The number of nitrogens with one attached hydrogen (secondary N) is 1. The van der Waals surface area contributed by atoms with Crippen LogP contribution in [0.3, 0.4) is 0 Å². The van der Waals surface area contributed by atoms with E-state index >= 15 is 0 Å². The van der Waals surface area contributed by atoms with Gasteiger partial charge in [0.05, 0.1) is 7.11 Å². The van der Waals surface area contributed by atoms with Crippen LogP contribution in [-0.4, -0.2) is 25.2 Å². The Balaban J connectivity index is 2.74. The summed E-state index contributed by atoms with van der Waals surface area (Å²) in [7, 11) is 1.40. The lowest BCUT2D eigenvalue weighted by atomic mass is 9.98. The molecule has 0 spiro atoms. The summed E-state index contributed by atoms with van der Waals surface area (Å²) < 4.78 is 4.66. The second-order valence-electron chi connectivity index (χ2n) is 2.70. The zero-order valence-corrected chi connectivity index (χ0v) is 6.72. The van der Waals surface area contributed by atoms with Crippen molar-refractivity contribution in [2.45, 2.75) is 18.4 Å². The molecule has 1 atom stereocenters. The summed E-state index contributed by atoms with van der Waals surface area (Å²) in [5.74, 6) is -0.231. The molecule has 1 N–H and O–H groups in total. The molecule has 3 nitrogen and oxygen atoms in total. The molecule has 0 saturated carbocycles. The van der Waals surface area contributed by atoms with E-state index in [1.165, 1.54) is 7.11 Å². The van der Waals surface area contributed by atoms with Crippen molar-refractivity contribution in [3.05, 3.63) is 12.7 Å². The summed E-state index contributed by atoms with van der Waals surface area (Å²) in [6.45, 7) is 4.48. The van der Waals surface area contributed by atoms with Gasteiger partial charge in [-0.25, -0.2) is 4.79 Å². The molecule has 0 radical (unpaired) electrons. The van der Waals surface area contributed by atoms with Crippen molar-refractivity contribution in [3.8, 4) is 0 Å². The molecule has 1 aliphatic heterocycles. The highest BCUT2D eigenvalue weighted by Crippen LogP contribution is 2.21. The third-order valence-corrected chi connectivity index (χ3v) is 2.09. The predicted molar refractivity (Wildman–Crippen MR) is 42.2 cm³/mol. The normalized spacial score (nSPS) is 29.9. The van der Waals surface area contributed by atoms with Crippen LogP contribution in [0, 0.1) is 0 Å². The van der Waals surface area contributed by atoms with Crippen molar-refractivity contribution in [3.63, 3.8) is 0 Å². The maximum absolute atomic E-state index is 11.2. The minimum absolute atomic E-state index is 0.231. The maximum Gasteiger partial charge on any atom is 0.330 e. The van der Waals surface area contributed by atoms with Gasteiger partial charge in [0.1, 0.15) is 5.54 Å². The monoisotopic (exact) mass is 155 g/mol. The predicted octanol–water partition coefficient (Wildman–Crippen LogP) is 0.468. The van der Waals surface area contributed by atoms with Gasteiger partial charge in [-0.05, 0) is 19.4 Å². The maximum atomic E-state index is 11.2. The molecule has 1 saturated heterocycles. The highest BCUT2D eigenvalue weighted by atomic mass is 16.5. The van der Waals surface area contributed by atoms with E-state index in [4.69, 9.17) is 0 Å². The first-order valence-corrected chi connectivity index (χ1v) is 3.72. The molecule has 62 valence electrons. The second-order valence-corrected chi connectivity index (χ2v) is 2.70. The number of carbonyl (C=O) groups excluding carboxylic acids is 1. The van der Waals surface area contributed by atoms with Gasteiger partial charge < -0.3 is 4.74 Å². The standard InChI is InChI=1S/C8H13NO2/c1-3-8(7(10)11-2)5-4-6-9-8/h3,9H,1,4-6H2,2H3/t8-/m1/s1. The first-order chi connectivity index (χ1) is 5.25. The lowest BCUT2D eigenvalue weighted by Crippen LogP contribution is -2.46. The van der Waals surface area contributed by atoms with Crippen LogP contribution in [0.1, 0.15) is 12.8 Å². The van der Waals surface area contributed by atoms with Gasteiger partial charge in [-0.3, -0.25) is 5.32 Å². The third kappa shape index (κ3) is 1.28. The number of carbonyl (C=O) groups is 1. The van der Waals surface area contributed by atoms with Crippen LogP contribution in [-0.2, 0) is 9.53 Å². The van der Waals surface area contributed by atoms with Gasteiger partial charge in [-0.15, -0.1) is 6.58 Å². The van der Waals surface area contributed by atoms with Crippen molar-refractivity contribution >= 4 is 5.97 Å². The molecule has 0 aromatic carbocycles. The van der Waals surface area contributed by atoms with Gasteiger partial charge in [0.2, 0.25) is 0 Å². The van der Waals surface area contributed by atoms with Gasteiger partial charge >= 0.3 is 5.97 Å². The fourth-order valence-electron chi connectivity index (χ4n) is 1.38. The Morgan fingerprint density at radius 1 is 1.82 bits per heavy atom. The molecule has 0 aromatic rings. The van der Waals surface area contributed by atoms with Gasteiger partial charge in [0, 0.05) is 0 Å². The van der Waals surface area contributed by atoms with Crippen LogP contribution in [0.4, 0.5) is 0 Å². The van der Waals surface area contributed by atoms with Crippen molar-refractivity contribution < 1.29 is 9.53 Å². The summed E-state index contributed by atoms with van der Waals surface area (Å²) in [5, 5.41) is 3.08. The van der Waals surface area contributed by atoms with Gasteiger partial charge in [0.15, 0.2) is 0 Å². The molecule has 1 fully saturated rings. The van der Waals surface area contributed by atoms with Crippen LogP contribution in [0.2, 0.25) is 0 Å². The highest BCUT2D eigenvalue weighted by Gasteiger charge is 2.38. The lowest BCUT2D eigenvalue weighted by molar-refractivity contribution is -0.145. The summed E-state index contributed by atoms with van der Waals surface area (Å²) in [4.78, 5) is 11.2. The summed E-state index contributed by atoms with van der Waals surface area (Å²) in [5.41, 5.74) is -0.602. The molecule has 1 aliphatic rings. The zero-order valence-electron chi connectivity index (χ0n) is 6.72. The highest BCUT2D eigenvalue weighted by molar-refractivity contribution is 5.83. The van der Waals surface area contributed by atoms with Crippen LogP contribution < -0.4 is 5.32 Å². The first kappa shape index (κ1) is 8.27. The van der Waals surface area contributed by atoms with Gasteiger partial charge in [-0.1, -0.05) is 6.08 Å². The summed E-state index contributed by atoms with van der Waals surface area (Å²) in [6.07, 6.45) is 3.43. The van der Waals surface area contributed by atoms with E-state index in [1.807, 2.05) is 0 Å². The number of ether oxygens (including phenoxy) is 1. The van der Waals surface area contributed by atoms with Crippen molar-refractivity contribution in [2.24, 2.45) is 0 Å². The first-order valence-electron chi connectivity index (χ1n) is 3.72. The quantitative estimate of drug-likeness (QED) is 0.465. The molecule has 1 rings (SSSR count). The van der Waals surface area contributed by atoms with Crippen LogP contribution in [0.25, 0.3) is 0 Å². The number of hydrogen-bond acceptors (Lipinski definition) is 3. The van der Waals surface area contributed by atoms with E-state index in [-0.39, 0.29) is 5.97 Å². The number of hydrogen-bond donors (Lipinski definition) is 1. The zero-order chi connectivity index (χ0) is 8.32. The van der Waals surface area contributed by atoms with E-state index in [2.05, 4.69) is 16.6 Å². The molecule has 1 heterocycles. The molecule has 0 bridgehead atoms. The Kier molecular flexibility index (Phi) is 2.29. The number of rotatable bonds is 2. The van der Waals surface area contributed by atoms with Crippen LogP contribution in [0.5, 0.6) is 0 Å². The van der Waals surface area contributed by atoms with E-state index < -0.39 is 5.54 Å². The Morgan fingerprint density at radius 2 is 2.55 bits per heavy atom. The van der Waals surface area contributed by atoms with Crippen molar-refractivity contribution in [1.82, 2.24) is 5.32 Å². The minimum atomic E-state index is -0.602. The average Bonchev–Trinajstić information content (AvgIpc) is 2.52. The topological polar surface area (TPSA) is 38.3 Å². The van der Waals surface area contributed by atoms with Crippen LogP contribution >= 0.6 is 0 Å². The summed E-state index contributed by atoms with van der Waals surface area (Å²) in [6, 6.07) is 0. The molecule has 3 heteroatoms. The number of methoxy groups -OCH3 is 1. The van der Waals surface area contributed by atoms with E-state index in [0.717, 1.165) is 19.4 Å². The number of esters is 1. The smallest absolute Gasteiger partial charge is 0.330 e. The third-order valence-electron chi connectivity index (χ3n) is 2.09. The minimum Gasteiger partial charge on any atom is -0.467 e. The van der Waals surface area contributed by atoms with Crippen LogP contribution in [0.15, 0.2) is 12.7 Å². The molecular weight excluding hydrogens is 142 g/mol. The van der Waals surface area contributed by atoms with Gasteiger partial charge in [0.25, 0.3) is 0 Å². The average molecular weight is 155 g/mol. The Bertz CT molecular complexity index is 171. The molecule has 0 amide bonds. The Morgan fingerprint density at radius 3 is 2.91 bits per heavy atom. The molecule has 11 heavy (non-hydrogen) atoms. The van der Waals surface area contributed by atoms with Crippen molar-refractivity contribution in [2.75, 3.05) is 13.7 Å². The van der Waals surface area contributed by atoms with Crippen molar-refractivity contribution in [1.29, 1.82) is 0 Å². The molecule has 0 aromatic heterocycles. The Labute approximate surface area is 66.4 Å². The van der Waals surface area contributed by atoms with E-state index in [0.29, 0.717) is 0 Å². The SMILES string of the molecule is C=C[C@]1(C(=O)OC)CCCN1. The largest absolute Gasteiger partial charge is 0.467 e. The molecular formula is C8H13NO2. The molecule has 0 aliphatic carbocycles. The fourth-order valence-corrected chi connectivity index (χ4v) is 1.38. The van der Waals surface area contributed by atoms with Gasteiger partial charge in [-0.2, -0.15) is 0 Å². The lowest BCUT2D eigenvalue weighted by Gasteiger charge is -2.21. The fraction of sp³-hybridized carbons (Fsp3) is 0.625. The second kappa shape index (κ2) is 3.05. The van der Waals surface area contributed by atoms with E-state index in [1.54, 1.807) is 6.08 Å². The molecule has 0 unspecified atom stereocenters. The summed E-state index contributed by atoms with van der Waals surface area (Å²) >= 11 is 0. The Hall–Kier alpha value is -0.830.